The van der Waals surface area contributed by atoms with E-state index in [9.17, 15) is 0 Å². The van der Waals surface area contributed by atoms with Crippen molar-refractivity contribution < 1.29 is 4.74 Å². The monoisotopic (exact) mass is 253 g/mol. The Morgan fingerprint density at radius 1 is 1.59 bits per heavy atom. The molecule has 2 N–H and O–H groups in total. The van der Waals surface area contributed by atoms with Crippen LogP contribution in [0.5, 0.6) is 0 Å². The summed E-state index contributed by atoms with van der Waals surface area (Å²) < 4.78 is 5.50. The Morgan fingerprint density at radius 3 is 2.88 bits per heavy atom. The van der Waals surface area contributed by atoms with E-state index in [0.29, 0.717) is 11.6 Å². The van der Waals surface area contributed by atoms with Crippen LogP contribution in [-0.2, 0) is 4.74 Å². The van der Waals surface area contributed by atoms with Crippen LogP contribution >= 0.6 is 12.2 Å². The van der Waals surface area contributed by atoms with E-state index in [0.717, 1.165) is 17.9 Å². The van der Waals surface area contributed by atoms with E-state index in [1.165, 1.54) is 0 Å². The summed E-state index contributed by atoms with van der Waals surface area (Å²) in [6.07, 6.45) is 1.97. The molecule has 17 heavy (non-hydrogen) atoms. The van der Waals surface area contributed by atoms with Crippen molar-refractivity contribution in [3.05, 3.63) is 23.9 Å². The summed E-state index contributed by atoms with van der Waals surface area (Å²) in [6.45, 7) is 5.44. The molecule has 4 nitrogen and oxygen atoms in total. The molecule has 0 atom stereocenters. The van der Waals surface area contributed by atoms with Crippen molar-refractivity contribution in [1.82, 2.24) is 4.98 Å². The molecule has 1 aromatic rings. The van der Waals surface area contributed by atoms with Gasteiger partial charge in [-0.15, -0.1) is 0 Å². The second-order valence-corrected chi connectivity index (χ2v) is 4.52. The van der Waals surface area contributed by atoms with Crippen molar-refractivity contribution in [2.24, 2.45) is 5.73 Å². The second-order valence-electron chi connectivity index (χ2n) is 4.08. The third-order valence-corrected chi connectivity index (χ3v) is 2.51. The van der Waals surface area contributed by atoms with E-state index in [2.05, 4.69) is 4.98 Å². The van der Waals surface area contributed by atoms with Crippen LogP contribution in [0.1, 0.15) is 19.4 Å². The molecule has 0 unspecified atom stereocenters. The van der Waals surface area contributed by atoms with Gasteiger partial charge < -0.3 is 15.4 Å². The molecule has 1 aromatic heterocycles. The van der Waals surface area contributed by atoms with Gasteiger partial charge in [0.25, 0.3) is 0 Å². The Balaban J connectivity index is 2.68. The maximum Gasteiger partial charge on any atom is 0.138 e. The third-order valence-electron chi connectivity index (χ3n) is 2.29. The van der Waals surface area contributed by atoms with E-state index in [1.54, 1.807) is 6.20 Å². The third kappa shape index (κ3) is 4.28. The molecule has 0 bridgehead atoms. The first-order valence-corrected chi connectivity index (χ1v) is 6.00. The minimum Gasteiger partial charge on any atom is -0.389 e. The molecule has 0 saturated carbocycles. The Hall–Kier alpha value is -1.20. The first kappa shape index (κ1) is 13.9. The number of nitrogens with zero attached hydrogens (tertiary/aromatic N) is 2. The van der Waals surface area contributed by atoms with Gasteiger partial charge in [0.15, 0.2) is 0 Å². The first-order chi connectivity index (χ1) is 8.02. The second kappa shape index (κ2) is 6.51. The van der Waals surface area contributed by atoms with Crippen LogP contribution < -0.4 is 10.6 Å². The molecule has 0 spiro atoms. The molecule has 5 heteroatoms. The van der Waals surface area contributed by atoms with Crippen LogP contribution in [-0.4, -0.2) is 36.3 Å². The fourth-order valence-corrected chi connectivity index (χ4v) is 1.58. The van der Waals surface area contributed by atoms with E-state index < -0.39 is 0 Å². The minimum absolute atomic E-state index is 0.238. The zero-order valence-corrected chi connectivity index (χ0v) is 11.3. The SMILES string of the molecule is CC(C)OCCN(C)c1ncccc1C(N)=S. The molecule has 0 radical (unpaired) electrons. The van der Waals surface area contributed by atoms with E-state index >= 15 is 0 Å². The first-order valence-electron chi connectivity index (χ1n) is 5.60. The smallest absolute Gasteiger partial charge is 0.138 e. The lowest BCUT2D eigenvalue weighted by Gasteiger charge is -2.21. The molecule has 94 valence electrons. The summed E-state index contributed by atoms with van der Waals surface area (Å²) >= 11 is 5.00. The zero-order valence-electron chi connectivity index (χ0n) is 10.5. The Kier molecular flexibility index (Phi) is 5.31. The number of pyridine rings is 1. The molecule has 0 amide bonds. The van der Waals surface area contributed by atoms with Crippen molar-refractivity contribution in [3.63, 3.8) is 0 Å². The van der Waals surface area contributed by atoms with E-state index in [-0.39, 0.29) is 6.10 Å². The normalized spacial score (nSPS) is 10.6. The van der Waals surface area contributed by atoms with Crippen LogP contribution in [0, 0.1) is 0 Å². The lowest BCUT2D eigenvalue weighted by molar-refractivity contribution is 0.0845. The lowest BCUT2D eigenvalue weighted by atomic mass is 10.2. The maximum absolute atomic E-state index is 5.66. The van der Waals surface area contributed by atoms with Gasteiger partial charge in [0.05, 0.1) is 18.3 Å². The number of anilines is 1. The Bertz CT molecular complexity index is 382. The maximum atomic E-state index is 5.66. The van der Waals surface area contributed by atoms with Gasteiger partial charge in [0, 0.05) is 19.8 Å². The van der Waals surface area contributed by atoms with Crippen molar-refractivity contribution in [2.75, 3.05) is 25.1 Å². The van der Waals surface area contributed by atoms with Gasteiger partial charge in [-0.05, 0) is 26.0 Å². The standard InChI is InChI=1S/C12H19N3OS/c1-9(2)16-8-7-15(3)12-10(11(13)17)5-4-6-14-12/h4-6,9H,7-8H2,1-3H3,(H2,13,17). The van der Waals surface area contributed by atoms with Gasteiger partial charge in [-0.25, -0.2) is 4.98 Å². The van der Waals surface area contributed by atoms with E-state index in [1.807, 2.05) is 37.9 Å². The zero-order chi connectivity index (χ0) is 12.8. The summed E-state index contributed by atoms with van der Waals surface area (Å²) in [7, 11) is 1.95. The van der Waals surface area contributed by atoms with Crippen LogP contribution in [0.2, 0.25) is 0 Å². The molecule has 0 saturated heterocycles. The van der Waals surface area contributed by atoms with Crippen LogP contribution in [0.15, 0.2) is 18.3 Å². The van der Waals surface area contributed by atoms with Gasteiger partial charge in [-0.1, -0.05) is 12.2 Å². The molecule has 1 rings (SSSR count). The number of rotatable bonds is 6. The molecular weight excluding hydrogens is 234 g/mol. The van der Waals surface area contributed by atoms with Gasteiger partial charge in [0.2, 0.25) is 0 Å². The van der Waals surface area contributed by atoms with Crippen molar-refractivity contribution in [2.45, 2.75) is 20.0 Å². The quantitative estimate of drug-likeness (QED) is 0.780. The van der Waals surface area contributed by atoms with Crippen molar-refractivity contribution >= 4 is 23.0 Å². The van der Waals surface area contributed by atoms with Gasteiger partial charge >= 0.3 is 0 Å². The van der Waals surface area contributed by atoms with Gasteiger partial charge in [0.1, 0.15) is 10.8 Å². The summed E-state index contributed by atoms with van der Waals surface area (Å²) in [4.78, 5) is 6.66. The number of nitrogens with two attached hydrogens (primary N) is 1. The average Bonchev–Trinajstić information content (AvgIpc) is 2.28. The molecule has 0 aliphatic carbocycles. The number of hydrogen-bond donors (Lipinski definition) is 1. The molecule has 0 aliphatic heterocycles. The highest BCUT2D eigenvalue weighted by molar-refractivity contribution is 7.80. The molecule has 0 aliphatic rings. The number of hydrogen-bond acceptors (Lipinski definition) is 4. The summed E-state index contributed by atoms with van der Waals surface area (Å²) in [5, 5.41) is 0. The number of likely N-dealkylation sites (N-methyl/N-ethyl adjacent to an activating group) is 1. The average molecular weight is 253 g/mol. The predicted octanol–water partition coefficient (Wildman–Crippen LogP) is 1.58. The summed E-state index contributed by atoms with van der Waals surface area (Å²) in [5.41, 5.74) is 6.46. The Labute approximate surface area is 108 Å². The summed E-state index contributed by atoms with van der Waals surface area (Å²) in [5.74, 6) is 0.798. The fourth-order valence-electron chi connectivity index (χ4n) is 1.42. The van der Waals surface area contributed by atoms with E-state index in [4.69, 9.17) is 22.7 Å². The molecule has 0 aromatic carbocycles. The molecule has 1 heterocycles. The van der Waals surface area contributed by atoms with Gasteiger partial charge in [-0.3, -0.25) is 0 Å². The van der Waals surface area contributed by atoms with Crippen molar-refractivity contribution in [3.8, 4) is 0 Å². The molecule has 0 fully saturated rings. The number of thiocarbonyl (C=S) groups is 1. The number of aromatic nitrogens is 1. The number of ether oxygens (including phenoxy) is 1. The van der Waals surface area contributed by atoms with Crippen LogP contribution in [0.3, 0.4) is 0 Å². The topological polar surface area (TPSA) is 51.4 Å². The highest BCUT2D eigenvalue weighted by Gasteiger charge is 2.10. The van der Waals surface area contributed by atoms with Gasteiger partial charge in [-0.2, -0.15) is 0 Å². The van der Waals surface area contributed by atoms with Crippen molar-refractivity contribution in [1.29, 1.82) is 0 Å². The van der Waals surface area contributed by atoms with Crippen LogP contribution in [0.25, 0.3) is 0 Å². The highest BCUT2D eigenvalue weighted by atomic mass is 32.1. The molecular formula is C12H19N3OS. The van der Waals surface area contributed by atoms with Crippen LogP contribution in [0.4, 0.5) is 5.82 Å². The lowest BCUT2D eigenvalue weighted by Crippen LogP contribution is -2.27. The summed E-state index contributed by atoms with van der Waals surface area (Å²) in [6, 6.07) is 3.71. The highest BCUT2D eigenvalue weighted by Crippen LogP contribution is 2.15. The minimum atomic E-state index is 0.238. The largest absolute Gasteiger partial charge is 0.389 e. The fraction of sp³-hybridized carbons (Fsp3) is 0.500. The predicted molar refractivity (Wildman–Crippen MR) is 74.5 cm³/mol. The Morgan fingerprint density at radius 2 is 2.29 bits per heavy atom.